The van der Waals surface area contributed by atoms with Crippen LogP contribution in [0.5, 0.6) is 0 Å². The van der Waals surface area contributed by atoms with Gasteiger partial charge in [0.1, 0.15) is 17.0 Å². The minimum absolute atomic E-state index is 0.410. The van der Waals surface area contributed by atoms with Crippen LogP contribution in [-0.4, -0.2) is 33.2 Å². The molecule has 7 heteroatoms. The zero-order valence-electron chi connectivity index (χ0n) is 14.6. The van der Waals surface area contributed by atoms with E-state index < -0.39 is 0 Å². The van der Waals surface area contributed by atoms with E-state index in [1.54, 1.807) is 6.33 Å². The van der Waals surface area contributed by atoms with Crippen LogP contribution in [0, 0.1) is 0 Å². The number of fused-ring (bicyclic) bond motifs is 3. The summed E-state index contributed by atoms with van der Waals surface area (Å²) in [4.78, 5) is 19.0. The van der Waals surface area contributed by atoms with E-state index in [2.05, 4.69) is 25.0 Å². The number of thiophene rings is 1. The van der Waals surface area contributed by atoms with Gasteiger partial charge in [-0.25, -0.2) is 9.97 Å². The number of hydrogen-bond donors (Lipinski definition) is 0. The Hall–Kier alpha value is -2.02. The standard InChI is InChI=1S/C19H21N5OS/c1-2-13-14(3-1)26-19-15(13)17(20-10-21-19)24-8-6-11(7-9-24)16-22-18(25-23-16)12-4-5-12/h10-12H,1-9H2. The van der Waals surface area contributed by atoms with E-state index in [9.17, 15) is 0 Å². The number of piperidine rings is 1. The molecule has 1 aliphatic heterocycles. The summed E-state index contributed by atoms with van der Waals surface area (Å²) in [6, 6.07) is 0. The molecule has 0 bridgehead atoms. The lowest BCUT2D eigenvalue weighted by molar-refractivity contribution is 0.365. The summed E-state index contributed by atoms with van der Waals surface area (Å²) in [6.45, 7) is 1.99. The lowest BCUT2D eigenvalue weighted by Crippen LogP contribution is -2.34. The lowest BCUT2D eigenvalue weighted by atomic mass is 9.96. The molecule has 0 radical (unpaired) electrons. The van der Waals surface area contributed by atoms with Crippen LogP contribution in [-0.2, 0) is 12.8 Å². The van der Waals surface area contributed by atoms with Gasteiger partial charge in [0.15, 0.2) is 5.82 Å². The minimum atomic E-state index is 0.410. The van der Waals surface area contributed by atoms with Gasteiger partial charge in [-0.1, -0.05) is 5.16 Å². The van der Waals surface area contributed by atoms with Gasteiger partial charge in [0.2, 0.25) is 5.89 Å². The van der Waals surface area contributed by atoms with Gasteiger partial charge in [-0.2, -0.15) is 4.98 Å². The first kappa shape index (κ1) is 15.1. The van der Waals surface area contributed by atoms with Gasteiger partial charge >= 0.3 is 0 Å². The van der Waals surface area contributed by atoms with E-state index >= 15 is 0 Å². The van der Waals surface area contributed by atoms with Gasteiger partial charge < -0.3 is 9.42 Å². The van der Waals surface area contributed by atoms with Crippen molar-refractivity contribution in [3.05, 3.63) is 28.5 Å². The maximum Gasteiger partial charge on any atom is 0.229 e. The number of aromatic nitrogens is 4. The predicted molar refractivity (Wildman–Crippen MR) is 99.9 cm³/mol. The average molecular weight is 367 g/mol. The highest BCUT2D eigenvalue weighted by Crippen LogP contribution is 2.42. The fourth-order valence-electron chi connectivity index (χ4n) is 4.41. The second-order valence-corrected chi connectivity index (χ2v) is 8.84. The Bertz CT molecular complexity index is 968. The van der Waals surface area contributed by atoms with Crippen molar-refractivity contribution in [3.63, 3.8) is 0 Å². The molecule has 0 N–H and O–H groups in total. The van der Waals surface area contributed by atoms with Crippen molar-refractivity contribution in [2.24, 2.45) is 0 Å². The van der Waals surface area contributed by atoms with Crippen molar-refractivity contribution in [3.8, 4) is 0 Å². The molecule has 2 fully saturated rings. The molecular formula is C19H21N5OS. The fraction of sp³-hybridized carbons (Fsp3) is 0.579. The molecule has 2 aliphatic carbocycles. The Balaban J connectivity index is 1.25. The predicted octanol–water partition coefficient (Wildman–Crippen LogP) is 3.82. The summed E-state index contributed by atoms with van der Waals surface area (Å²) in [5.74, 6) is 3.85. The molecule has 3 aromatic heterocycles. The van der Waals surface area contributed by atoms with E-state index in [1.807, 2.05) is 11.3 Å². The molecule has 0 spiro atoms. The third-order valence-electron chi connectivity index (χ3n) is 6.03. The first-order chi connectivity index (χ1) is 12.9. The number of hydrogen-bond acceptors (Lipinski definition) is 7. The summed E-state index contributed by atoms with van der Waals surface area (Å²) in [5, 5.41) is 5.58. The Morgan fingerprint density at radius 3 is 2.77 bits per heavy atom. The highest BCUT2D eigenvalue weighted by molar-refractivity contribution is 7.19. The molecule has 0 unspecified atom stereocenters. The van der Waals surface area contributed by atoms with Crippen molar-refractivity contribution >= 4 is 27.4 Å². The molecule has 1 saturated heterocycles. The second kappa shape index (κ2) is 5.74. The van der Waals surface area contributed by atoms with Gasteiger partial charge in [-0.05, 0) is 50.5 Å². The normalized spacial score (nSPS) is 20.8. The van der Waals surface area contributed by atoms with Gasteiger partial charge in [-0.15, -0.1) is 11.3 Å². The quantitative estimate of drug-likeness (QED) is 0.701. The molecule has 3 aliphatic rings. The largest absolute Gasteiger partial charge is 0.356 e. The van der Waals surface area contributed by atoms with E-state index in [1.165, 1.54) is 47.9 Å². The molecule has 4 heterocycles. The number of anilines is 1. The lowest BCUT2D eigenvalue weighted by Gasteiger charge is -2.32. The highest BCUT2D eigenvalue weighted by Gasteiger charge is 2.32. The Morgan fingerprint density at radius 2 is 1.92 bits per heavy atom. The first-order valence-corrected chi connectivity index (χ1v) is 10.5. The van der Waals surface area contributed by atoms with Gasteiger partial charge in [0.05, 0.1) is 5.39 Å². The molecule has 1 saturated carbocycles. The third-order valence-corrected chi connectivity index (χ3v) is 7.22. The maximum atomic E-state index is 5.46. The van der Waals surface area contributed by atoms with Crippen molar-refractivity contribution in [2.45, 2.75) is 56.8 Å². The highest BCUT2D eigenvalue weighted by atomic mass is 32.1. The van der Waals surface area contributed by atoms with Crippen molar-refractivity contribution in [1.82, 2.24) is 20.1 Å². The maximum absolute atomic E-state index is 5.46. The topological polar surface area (TPSA) is 67.9 Å². The molecular weight excluding hydrogens is 346 g/mol. The van der Waals surface area contributed by atoms with E-state index in [0.29, 0.717) is 11.8 Å². The molecule has 26 heavy (non-hydrogen) atoms. The van der Waals surface area contributed by atoms with E-state index in [4.69, 9.17) is 4.52 Å². The van der Waals surface area contributed by atoms with E-state index in [0.717, 1.165) is 48.3 Å². The SMILES string of the molecule is c1nc(N2CCC(c3noc(C4CC4)n3)CC2)c2c3c(sc2n1)CCC3. The van der Waals surface area contributed by atoms with Gasteiger partial charge in [0.25, 0.3) is 0 Å². The summed E-state index contributed by atoms with van der Waals surface area (Å²) in [5.41, 5.74) is 1.51. The summed E-state index contributed by atoms with van der Waals surface area (Å²) >= 11 is 1.86. The first-order valence-electron chi connectivity index (χ1n) is 9.70. The van der Waals surface area contributed by atoms with Crippen LogP contribution in [0.15, 0.2) is 10.9 Å². The summed E-state index contributed by atoms with van der Waals surface area (Å²) < 4.78 is 5.46. The number of rotatable bonds is 3. The minimum Gasteiger partial charge on any atom is -0.356 e. The zero-order chi connectivity index (χ0) is 17.1. The molecule has 0 atom stereocenters. The number of nitrogens with zero attached hydrogens (tertiary/aromatic N) is 5. The van der Waals surface area contributed by atoms with Crippen molar-refractivity contribution in [2.75, 3.05) is 18.0 Å². The van der Waals surface area contributed by atoms with Crippen molar-refractivity contribution in [1.29, 1.82) is 0 Å². The average Bonchev–Trinajstić information content (AvgIpc) is 3.09. The van der Waals surface area contributed by atoms with Crippen LogP contribution < -0.4 is 4.90 Å². The molecule has 6 rings (SSSR count). The fourth-order valence-corrected chi connectivity index (χ4v) is 5.63. The van der Waals surface area contributed by atoms with Crippen LogP contribution in [0.3, 0.4) is 0 Å². The van der Waals surface area contributed by atoms with E-state index in [-0.39, 0.29) is 0 Å². The van der Waals surface area contributed by atoms with Crippen LogP contribution in [0.25, 0.3) is 10.2 Å². The second-order valence-electron chi connectivity index (χ2n) is 7.76. The number of aryl methyl sites for hydroxylation is 2. The smallest absolute Gasteiger partial charge is 0.229 e. The Morgan fingerprint density at radius 1 is 1.04 bits per heavy atom. The molecule has 0 aromatic carbocycles. The Kier molecular flexibility index (Phi) is 3.33. The van der Waals surface area contributed by atoms with Crippen LogP contribution in [0.4, 0.5) is 5.82 Å². The van der Waals surface area contributed by atoms with Crippen LogP contribution in [0.1, 0.15) is 66.1 Å². The molecule has 0 amide bonds. The van der Waals surface area contributed by atoms with Crippen LogP contribution in [0.2, 0.25) is 0 Å². The molecule has 6 nitrogen and oxygen atoms in total. The molecule has 134 valence electrons. The third kappa shape index (κ3) is 2.36. The van der Waals surface area contributed by atoms with Gasteiger partial charge in [-0.3, -0.25) is 0 Å². The van der Waals surface area contributed by atoms with Crippen LogP contribution >= 0.6 is 11.3 Å². The monoisotopic (exact) mass is 367 g/mol. The van der Waals surface area contributed by atoms with Crippen molar-refractivity contribution < 1.29 is 4.52 Å². The van der Waals surface area contributed by atoms with Gasteiger partial charge in [0, 0.05) is 29.8 Å². The molecule has 3 aromatic rings. The summed E-state index contributed by atoms with van der Waals surface area (Å²) in [6.07, 6.45) is 9.91. The zero-order valence-corrected chi connectivity index (χ0v) is 15.5. The Labute approximate surface area is 155 Å². The summed E-state index contributed by atoms with van der Waals surface area (Å²) in [7, 11) is 0.